The Kier molecular flexibility index (Phi) is 10.5. The van der Waals surface area contributed by atoms with Gasteiger partial charge in [-0.25, -0.2) is 4.39 Å². The van der Waals surface area contributed by atoms with Crippen LogP contribution in [0.15, 0.2) is 35.7 Å². The third-order valence-corrected chi connectivity index (χ3v) is 7.46. The molecule has 1 aliphatic rings. The lowest BCUT2D eigenvalue weighted by atomic mass is 9.93. The average Bonchev–Trinajstić information content (AvgIpc) is 3.32. The second kappa shape index (κ2) is 13.6. The van der Waals surface area contributed by atoms with E-state index in [2.05, 4.69) is 13.0 Å². The minimum Gasteiger partial charge on any atom is -0.383 e. The maximum atomic E-state index is 13.6. The van der Waals surface area contributed by atoms with Gasteiger partial charge in [-0.3, -0.25) is 9.59 Å². The second-order valence-electron chi connectivity index (χ2n) is 8.92. The molecule has 0 aliphatic carbocycles. The number of hydrogen-bond acceptors (Lipinski definition) is 4. The topological polar surface area (TPSA) is 49.9 Å². The number of benzene rings is 1. The highest BCUT2D eigenvalue weighted by Gasteiger charge is 2.33. The third-order valence-electron chi connectivity index (χ3n) is 6.46. The largest absolute Gasteiger partial charge is 0.383 e. The molecule has 5 nitrogen and oxygen atoms in total. The molecule has 3 rings (SSSR count). The molecular weight excluding hydrogens is 451 g/mol. The van der Waals surface area contributed by atoms with Crippen molar-refractivity contribution in [1.82, 2.24) is 9.80 Å². The number of hydrogen-bond donors (Lipinski definition) is 0. The summed E-state index contributed by atoms with van der Waals surface area (Å²) in [4.78, 5) is 31.2. The van der Waals surface area contributed by atoms with E-state index >= 15 is 0 Å². The van der Waals surface area contributed by atoms with Gasteiger partial charge in [0, 0.05) is 31.5 Å². The lowest BCUT2D eigenvalue weighted by Gasteiger charge is -2.37. The molecule has 0 radical (unpaired) electrons. The highest BCUT2D eigenvalue weighted by Crippen LogP contribution is 2.37. The Labute approximate surface area is 206 Å². The van der Waals surface area contributed by atoms with Gasteiger partial charge in [0.15, 0.2) is 0 Å². The number of rotatable bonds is 13. The van der Waals surface area contributed by atoms with Crippen LogP contribution in [-0.4, -0.2) is 55.0 Å². The summed E-state index contributed by atoms with van der Waals surface area (Å²) in [5.74, 6) is -0.375. The third kappa shape index (κ3) is 7.12. The van der Waals surface area contributed by atoms with Crippen molar-refractivity contribution < 1.29 is 18.7 Å². The van der Waals surface area contributed by atoms with Crippen LogP contribution in [0.5, 0.6) is 0 Å². The monoisotopic (exact) mass is 488 g/mol. The van der Waals surface area contributed by atoms with Crippen LogP contribution in [0.1, 0.15) is 73.9 Å². The molecule has 0 N–H and O–H groups in total. The van der Waals surface area contributed by atoms with Crippen molar-refractivity contribution >= 4 is 23.2 Å². The number of nitrogens with zero attached hydrogens (tertiary/aromatic N) is 2. The quantitative estimate of drug-likeness (QED) is 0.346. The van der Waals surface area contributed by atoms with E-state index in [1.54, 1.807) is 35.5 Å². The summed E-state index contributed by atoms with van der Waals surface area (Å²) in [6.45, 7) is 3.60. The number of carbonyl (C=O) groups is 2. The van der Waals surface area contributed by atoms with E-state index in [1.165, 1.54) is 36.3 Å². The molecule has 2 aromatic rings. The molecule has 2 amide bonds. The Morgan fingerprint density at radius 3 is 2.59 bits per heavy atom. The molecule has 0 saturated carbocycles. The first-order chi connectivity index (χ1) is 16.5. The van der Waals surface area contributed by atoms with Crippen LogP contribution in [0.4, 0.5) is 4.39 Å². The highest BCUT2D eigenvalue weighted by atomic mass is 32.1. The number of carbonyl (C=O) groups excluding carboxylic acids is 2. The fraction of sp³-hybridized carbons (Fsp3) is 0.556. The van der Waals surface area contributed by atoms with Gasteiger partial charge in [0.2, 0.25) is 11.8 Å². The molecule has 1 aliphatic heterocycles. The number of amides is 2. The summed E-state index contributed by atoms with van der Waals surface area (Å²) in [5.41, 5.74) is 1.98. The molecular formula is C27H37FN2O3S. The van der Waals surface area contributed by atoms with Crippen LogP contribution in [0.25, 0.3) is 0 Å². The Hall–Kier alpha value is -2.25. The Morgan fingerprint density at radius 2 is 1.85 bits per heavy atom. The van der Waals surface area contributed by atoms with Crippen LogP contribution in [0.3, 0.4) is 0 Å². The standard InChI is InChI=1S/C27H37FN2O3S/c1-3-4-5-6-7-8-9-25(31)29(17-18-33-2)20-26(32)30-16-14-24-23(15-19-34-24)27(30)21-10-12-22(28)13-11-21/h10-13,15,19,27H,3-9,14,16-18,20H2,1-2H3. The van der Waals surface area contributed by atoms with Gasteiger partial charge in [0.25, 0.3) is 0 Å². The molecule has 186 valence electrons. The summed E-state index contributed by atoms with van der Waals surface area (Å²) in [6, 6.07) is 8.17. The zero-order valence-electron chi connectivity index (χ0n) is 20.4. The van der Waals surface area contributed by atoms with Crippen molar-refractivity contribution in [2.24, 2.45) is 0 Å². The summed E-state index contributed by atoms with van der Waals surface area (Å²) in [7, 11) is 1.60. The van der Waals surface area contributed by atoms with Gasteiger partial charge < -0.3 is 14.5 Å². The fourth-order valence-corrected chi connectivity index (χ4v) is 5.46. The van der Waals surface area contributed by atoms with E-state index in [0.717, 1.165) is 36.8 Å². The fourth-order valence-electron chi connectivity index (χ4n) is 4.55. The molecule has 34 heavy (non-hydrogen) atoms. The number of halogens is 1. The molecule has 0 bridgehead atoms. The molecule has 0 saturated heterocycles. The number of methoxy groups -OCH3 is 1. The first-order valence-electron chi connectivity index (χ1n) is 12.4. The van der Waals surface area contributed by atoms with E-state index in [9.17, 15) is 14.0 Å². The van der Waals surface area contributed by atoms with Crippen molar-refractivity contribution in [3.8, 4) is 0 Å². The molecule has 1 unspecified atom stereocenters. The number of ether oxygens (including phenoxy) is 1. The lowest BCUT2D eigenvalue weighted by molar-refractivity contribution is -0.142. The van der Waals surface area contributed by atoms with Gasteiger partial charge in [-0.2, -0.15) is 0 Å². The van der Waals surface area contributed by atoms with E-state index in [4.69, 9.17) is 4.74 Å². The first kappa shape index (κ1) is 26.4. The molecule has 1 aromatic carbocycles. The first-order valence-corrected chi connectivity index (χ1v) is 13.3. The van der Waals surface area contributed by atoms with Gasteiger partial charge in [-0.1, -0.05) is 51.2 Å². The predicted molar refractivity (Wildman–Crippen MR) is 134 cm³/mol. The highest BCUT2D eigenvalue weighted by molar-refractivity contribution is 7.10. The number of thiophene rings is 1. The number of fused-ring (bicyclic) bond motifs is 1. The van der Waals surface area contributed by atoms with Crippen LogP contribution >= 0.6 is 11.3 Å². The zero-order valence-corrected chi connectivity index (χ0v) is 21.2. The van der Waals surface area contributed by atoms with E-state index < -0.39 is 0 Å². The van der Waals surface area contributed by atoms with Crippen LogP contribution in [0.2, 0.25) is 0 Å². The van der Waals surface area contributed by atoms with Gasteiger partial charge >= 0.3 is 0 Å². The summed E-state index contributed by atoms with van der Waals surface area (Å²) < 4.78 is 18.8. The predicted octanol–water partition coefficient (Wildman–Crippen LogP) is 5.59. The zero-order chi connectivity index (χ0) is 24.3. The van der Waals surface area contributed by atoms with Gasteiger partial charge in [-0.05, 0) is 47.5 Å². The summed E-state index contributed by atoms with van der Waals surface area (Å²) >= 11 is 1.69. The van der Waals surface area contributed by atoms with Crippen LogP contribution < -0.4 is 0 Å². The van der Waals surface area contributed by atoms with Gasteiger partial charge in [0.1, 0.15) is 5.82 Å². The Balaban J connectivity index is 1.69. The van der Waals surface area contributed by atoms with Crippen molar-refractivity contribution in [3.05, 3.63) is 57.5 Å². The van der Waals surface area contributed by atoms with E-state index in [-0.39, 0.29) is 30.2 Å². The normalized spacial score (nSPS) is 15.3. The van der Waals surface area contributed by atoms with Gasteiger partial charge in [0.05, 0.1) is 19.2 Å². The minimum absolute atomic E-state index is 0.00690. The second-order valence-corrected chi connectivity index (χ2v) is 9.92. The lowest BCUT2D eigenvalue weighted by Crippen LogP contribution is -2.47. The SMILES string of the molecule is CCCCCCCCC(=O)N(CCOC)CC(=O)N1CCc2sccc2C1c1ccc(F)cc1. The van der Waals surface area contributed by atoms with Crippen LogP contribution in [0, 0.1) is 5.82 Å². The number of unbranched alkanes of at least 4 members (excludes halogenated alkanes) is 5. The van der Waals surface area contributed by atoms with Crippen molar-refractivity contribution in [2.45, 2.75) is 64.3 Å². The maximum absolute atomic E-state index is 13.6. The molecule has 1 aromatic heterocycles. The van der Waals surface area contributed by atoms with Crippen molar-refractivity contribution in [3.63, 3.8) is 0 Å². The van der Waals surface area contributed by atoms with Crippen molar-refractivity contribution in [2.75, 3.05) is 33.4 Å². The Morgan fingerprint density at radius 1 is 1.12 bits per heavy atom. The van der Waals surface area contributed by atoms with Crippen molar-refractivity contribution in [1.29, 1.82) is 0 Å². The van der Waals surface area contributed by atoms with Crippen LogP contribution in [-0.2, 0) is 20.7 Å². The Bertz CT molecular complexity index is 915. The molecule has 0 fully saturated rings. The van der Waals surface area contributed by atoms with E-state index in [0.29, 0.717) is 26.1 Å². The van der Waals surface area contributed by atoms with E-state index in [1.807, 2.05) is 10.3 Å². The molecule has 2 heterocycles. The summed E-state index contributed by atoms with van der Waals surface area (Å²) in [6.07, 6.45) is 7.93. The smallest absolute Gasteiger partial charge is 0.242 e. The molecule has 0 spiro atoms. The summed E-state index contributed by atoms with van der Waals surface area (Å²) in [5, 5.41) is 2.05. The maximum Gasteiger partial charge on any atom is 0.242 e. The molecule has 1 atom stereocenters. The van der Waals surface area contributed by atoms with Gasteiger partial charge in [-0.15, -0.1) is 11.3 Å². The minimum atomic E-state index is -0.297. The molecule has 7 heteroatoms. The average molecular weight is 489 g/mol.